The Morgan fingerprint density at radius 1 is 1.48 bits per heavy atom. The monoisotopic (exact) mass is 362 g/mol. The number of primary amides is 1. The molecule has 8 nitrogen and oxygen atoms in total. The van der Waals surface area contributed by atoms with E-state index in [1.807, 2.05) is 12.1 Å². The van der Waals surface area contributed by atoms with Crippen LogP contribution in [-0.4, -0.2) is 37.6 Å². The lowest BCUT2D eigenvalue weighted by molar-refractivity contribution is -0.120. The smallest absolute Gasteiger partial charge is 0.255 e. The molecule has 1 aliphatic heterocycles. The van der Waals surface area contributed by atoms with Crippen molar-refractivity contribution in [2.45, 2.75) is 12.3 Å². The molecule has 0 aliphatic carbocycles. The number of carbonyl (C=O) groups excluding carboxylic acids is 2. The first-order valence-electron chi connectivity index (χ1n) is 7.59. The quantitative estimate of drug-likeness (QED) is 0.718. The number of nitrogens with two attached hydrogens (primary N) is 1. The highest BCUT2D eigenvalue weighted by atomic mass is 32.1. The topological polar surface area (TPSA) is 116 Å². The van der Waals surface area contributed by atoms with Gasteiger partial charge in [0.15, 0.2) is 23.2 Å². The molecule has 25 heavy (non-hydrogen) atoms. The highest BCUT2D eigenvalue weighted by molar-refractivity contribution is 7.16. The molecule has 2 amide bonds. The third kappa shape index (κ3) is 3.50. The van der Waals surface area contributed by atoms with Gasteiger partial charge in [-0.1, -0.05) is 17.4 Å². The molecule has 4 N–H and O–H groups in total. The fourth-order valence-electron chi connectivity index (χ4n) is 2.66. The minimum atomic E-state index is -0.566. The number of hydrogen-bond acceptors (Lipinski definition) is 7. The Bertz CT molecular complexity index is 820. The van der Waals surface area contributed by atoms with E-state index in [0.29, 0.717) is 23.7 Å². The fraction of sp³-hybridized carbons (Fsp3) is 0.312. The van der Waals surface area contributed by atoms with Crippen LogP contribution in [0.25, 0.3) is 0 Å². The fourth-order valence-corrected chi connectivity index (χ4v) is 3.67. The lowest BCUT2D eigenvalue weighted by Gasteiger charge is -2.22. The Morgan fingerprint density at radius 3 is 2.96 bits per heavy atom. The molecule has 2 aromatic rings. The number of hydrogen-bond donors (Lipinski definition) is 3. The van der Waals surface area contributed by atoms with Crippen LogP contribution in [0.3, 0.4) is 0 Å². The molecule has 0 saturated carbocycles. The highest BCUT2D eigenvalue weighted by Crippen LogP contribution is 2.43. The lowest BCUT2D eigenvalue weighted by atomic mass is 9.91. The minimum Gasteiger partial charge on any atom is -0.493 e. The first-order chi connectivity index (χ1) is 12.0. The van der Waals surface area contributed by atoms with Crippen molar-refractivity contribution in [2.24, 2.45) is 5.73 Å². The van der Waals surface area contributed by atoms with Crippen LogP contribution in [0, 0.1) is 0 Å². The first-order valence-corrected chi connectivity index (χ1v) is 8.40. The normalized spacial score (nSPS) is 15.9. The van der Waals surface area contributed by atoms with Crippen molar-refractivity contribution in [3.05, 3.63) is 28.6 Å². The Labute approximate surface area is 148 Å². The second kappa shape index (κ2) is 6.98. The second-order valence-corrected chi connectivity index (χ2v) is 6.48. The maximum atomic E-state index is 12.0. The average molecular weight is 362 g/mol. The number of fused-ring (bicyclic) bond motifs is 1. The first kappa shape index (κ1) is 17.0. The summed E-state index contributed by atoms with van der Waals surface area (Å²) in [7, 11) is 3.30. The maximum absolute atomic E-state index is 12.0. The van der Waals surface area contributed by atoms with E-state index < -0.39 is 5.91 Å². The molecule has 1 atom stereocenters. The van der Waals surface area contributed by atoms with E-state index in [9.17, 15) is 9.59 Å². The number of benzene rings is 1. The van der Waals surface area contributed by atoms with E-state index in [2.05, 4.69) is 15.6 Å². The van der Waals surface area contributed by atoms with Gasteiger partial charge in [0.2, 0.25) is 5.91 Å². The van der Waals surface area contributed by atoms with Crippen molar-refractivity contribution in [2.75, 3.05) is 31.4 Å². The summed E-state index contributed by atoms with van der Waals surface area (Å²) in [4.78, 5) is 28.3. The number of carbonyl (C=O) groups is 2. The van der Waals surface area contributed by atoms with Crippen LogP contribution in [0.5, 0.6) is 11.5 Å². The molecule has 132 valence electrons. The van der Waals surface area contributed by atoms with E-state index in [1.165, 1.54) is 18.4 Å². The number of nitrogens with zero attached hydrogens (tertiary/aromatic N) is 1. The average Bonchev–Trinajstić information content (AvgIpc) is 3.01. The summed E-state index contributed by atoms with van der Waals surface area (Å²) >= 11 is 1.50. The van der Waals surface area contributed by atoms with E-state index in [4.69, 9.17) is 15.2 Å². The molecule has 1 aromatic heterocycles. The molecule has 0 spiro atoms. The Balaban J connectivity index is 1.95. The standard InChI is InChI=1S/C16H18N4O4S/c1-18-16-20-15-14(25-16)9(6-13(22)19-15)8-3-4-10(11(5-8)23-2)24-7-12(17)21/h3-5,9H,6-7H2,1-2H3,(H2,17,21)(H,18,20)(H,19,22)/t9-/m1/s1. The largest absolute Gasteiger partial charge is 0.493 e. The van der Waals surface area contributed by atoms with Gasteiger partial charge in [-0.05, 0) is 17.7 Å². The van der Waals surface area contributed by atoms with Gasteiger partial charge in [0.25, 0.3) is 5.91 Å². The van der Waals surface area contributed by atoms with Crippen LogP contribution in [0.1, 0.15) is 22.8 Å². The number of anilines is 2. The van der Waals surface area contributed by atoms with Gasteiger partial charge in [-0.25, -0.2) is 4.98 Å². The summed E-state index contributed by atoms with van der Waals surface area (Å²) in [5.41, 5.74) is 6.01. The van der Waals surface area contributed by atoms with Gasteiger partial charge in [0.1, 0.15) is 5.82 Å². The molecule has 9 heteroatoms. The van der Waals surface area contributed by atoms with Crippen molar-refractivity contribution in [1.29, 1.82) is 0 Å². The van der Waals surface area contributed by atoms with Crippen LogP contribution < -0.4 is 25.8 Å². The molecule has 0 radical (unpaired) electrons. The van der Waals surface area contributed by atoms with E-state index in [0.717, 1.165) is 15.6 Å². The molecule has 3 rings (SSSR count). The number of nitrogens with one attached hydrogen (secondary N) is 2. The van der Waals surface area contributed by atoms with Crippen LogP contribution in [0.15, 0.2) is 18.2 Å². The van der Waals surface area contributed by atoms with Gasteiger partial charge >= 0.3 is 0 Å². The molecule has 0 unspecified atom stereocenters. The van der Waals surface area contributed by atoms with E-state index >= 15 is 0 Å². The van der Waals surface area contributed by atoms with Gasteiger partial charge in [-0.2, -0.15) is 0 Å². The van der Waals surface area contributed by atoms with Crippen molar-refractivity contribution in [3.63, 3.8) is 0 Å². The number of aromatic nitrogens is 1. The molecule has 0 saturated heterocycles. The van der Waals surface area contributed by atoms with Gasteiger partial charge in [0, 0.05) is 19.4 Å². The van der Waals surface area contributed by atoms with Gasteiger partial charge in [-0.3, -0.25) is 9.59 Å². The summed E-state index contributed by atoms with van der Waals surface area (Å²) in [6, 6.07) is 5.37. The van der Waals surface area contributed by atoms with Crippen LogP contribution >= 0.6 is 11.3 Å². The van der Waals surface area contributed by atoms with Crippen LogP contribution in [0.4, 0.5) is 10.9 Å². The number of thiazole rings is 1. The summed E-state index contributed by atoms with van der Waals surface area (Å²) < 4.78 is 10.7. The summed E-state index contributed by atoms with van der Waals surface area (Å²) in [6.45, 7) is -0.230. The minimum absolute atomic E-state index is 0.0847. The third-order valence-electron chi connectivity index (χ3n) is 3.79. The van der Waals surface area contributed by atoms with Gasteiger partial charge in [0.05, 0.1) is 12.0 Å². The van der Waals surface area contributed by atoms with Gasteiger partial charge in [-0.15, -0.1) is 0 Å². The summed E-state index contributed by atoms with van der Waals surface area (Å²) in [5, 5.41) is 6.54. The number of methoxy groups -OCH3 is 1. The Kier molecular flexibility index (Phi) is 4.75. The van der Waals surface area contributed by atoms with E-state index in [1.54, 1.807) is 13.1 Å². The van der Waals surface area contributed by atoms with E-state index in [-0.39, 0.29) is 18.4 Å². The van der Waals surface area contributed by atoms with Gasteiger partial charge < -0.3 is 25.8 Å². The predicted molar refractivity (Wildman–Crippen MR) is 94.4 cm³/mol. The number of amides is 2. The predicted octanol–water partition coefficient (Wildman–Crippen LogP) is 1.53. The SMILES string of the molecule is CNc1nc2c(s1)[C@@H](c1ccc(OCC(N)=O)c(OC)c1)CC(=O)N2. The number of rotatable bonds is 6. The zero-order valence-corrected chi connectivity index (χ0v) is 14.6. The molecule has 0 fully saturated rings. The molecular weight excluding hydrogens is 344 g/mol. The van der Waals surface area contributed by atoms with Crippen molar-refractivity contribution in [1.82, 2.24) is 4.98 Å². The Hall–Kier alpha value is -2.81. The molecular formula is C16H18N4O4S. The lowest BCUT2D eigenvalue weighted by Crippen LogP contribution is -2.22. The van der Waals surface area contributed by atoms with Crippen molar-refractivity contribution >= 4 is 34.1 Å². The van der Waals surface area contributed by atoms with Crippen LogP contribution in [0.2, 0.25) is 0 Å². The molecule has 1 aromatic carbocycles. The van der Waals surface area contributed by atoms with Crippen molar-refractivity contribution in [3.8, 4) is 11.5 Å². The maximum Gasteiger partial charge on any atom is 0.255 e. The van der Waals surface area contributed by atoms with Crippen LogP contribution in [-0.2, 0) is 9.59 Å². The third-order valence-corrected chi connectivity index (χ3v) is 4.98. The Morgan fingerprint density at radius 2 is 2.28 bits per heavy atom. The second-order valence-electron chi connectivity index (χ2n) is 5.45. The molecule has 2 heterocycles. The van der Waals surface area contributed by atoms with Crippen molar-refractivity contribution < 1.29 is 19.1 Å². The highest BCUT2D eigenvalue weighted by Gasteiger charge is 2.30. The zero-order chi connectivity index (χ0) is 18.0. The molecule has 0 bridgehead atoms. The molecule has 1 aliphatic rings. The zero-order valence-electron chi connectivity index (χ0n) is 13.8. The number of ether oxygens (including phenoxy) is 2. The summed E-state index contributed by atoms with van der Waals surface area (Å²) in [6.07, 6.45) is 0.322. The summed E-state index contributed by atoms with van der Waals surface area (Å²) in [5.74, 6) is 0.712.